The molecule has 0 saturated carbocycles. The second kappa shape index (κ2) is 7.55. The van der Waals surface area contributed by atoms with Crippen LogP contribution in [-0.2, 0) is 4.74 Å². The normalized spacial score (nSPS) is 17.8. The Morgan fingerprint density at radius 1 is 1.36 bits per heavy atom. The summed E-state index contributed by atoms with van der Waals surface area (Å²) < 4.78 is 5.35. The highest BCUT2D eigenvalue weighted by Crippen LogP contribution is 2.20. The van der Waals surface area contributed by atoms with E-state index < -0.39 is 5.12 Å². The lowest BCUT2D eigenvalue weighted by atomic mass is 10.0. The first-order valence-corrected chi connectivity index (χ1v) is 6.09. The lowest BCUT2D eigenvalue weighted by molar-refractivity contribution is -0.140. The van der Waals surface area contributed by atoms with Gasteiger partial charge >= 0.3 is 0 Å². The van der Waals surface area contributed by atoms with Crippen LogP contribution in [0, 0.1) is 5.92 Å². The average Bonchev–Trinajstić information content (AvgIpc) is 2.18. The standard InChI is InChI=1S/C11H24O2S/c1-4-7-8-10(5-2)9-13-11(12,14)6-3/h10,12,14H,4-9H2,1-3H3. The Morgan fingerprint density at radius 2 is 2.00 bits per heavy atom. The highest BCUT2D eigenvalue weighted by atomic mass is 32.1. The van der Waals surface area contributed by atoms with Crippen molar-refractivity contribution in [1.29, 1.82) is 0 Å². The Balaban J connectivity index is 3.71. The van der Waals surface area contributed by atoms with E-state index in [0.29, 0.717) is 18.9 Å². The number of rotatable bonds is 8. The van der Waals surface area contributed by atoms with Crippen LogP contribution in [0.15, 0.2) is 0 Å². The molecule has 2 nitrogen and oxygen atoms in total. The molecule has 0 heterocycles. The minimum atomic E-state index is -1.24. The average molecular weight is 220 g/mol. The van der Waals surface area contributed by atoms with E-state index in [0.717, 1.165) is 6.42 Å². The van der Waals surface area contributed by atoms with Crippen molar-refractivity contribution in [1.82, 2.24) is 0 Å². The summed E-state index contributed by atoms with van der Waals surface area (Å²) in [5.74, 6) is 0.556. The van der Waals surface area contributed by atoms with E-state index >= 15 is 0 Å². The highest BCUT2D eigenvalue weighted by molar-refractivity contribution is 7.81. The van der Waals surface area contributed by atoms with Crippen molar-refractivity contribution in [2.45, 2.75) is 58.0 Å². The van der Waals surface area contributed by atoms with Gasteiger partial charge in [-0.3, -0.25) is 0 Å². The molecule has 0 spiro atoms. The molecule has 0 saturated heterocycles. The lowest BCUT2D eigenvalue weighted by Crippen LogP contribution is -2.27. The zero-order valence-electron chi connectivity index (χ0n) is 9.62. The van der Waals surface area contributed by atoms with Crippen LogP contribution < -0.4 is 0 Å². The minimum absolute atomic E-state index is 0.514. The van der Waals surface area contributed by atoms with E-state index in [2.05, 4.69) is 26.5 Å². The largest absolute Gasteiger partial charge is 0.357 e. The van der Waals surface area contributed by atoms with Gasteiger partial charge in [-0.25, -0.2) is 0 Å². The van der Waals surface area contributed by atoms with Crippen molar-refractivity contribution in [3.8, 4) is 0 Å². The smallest absolute Gasteiger partial charge is 0.212 e. The van der Waals surface area contributed by atoms with E-state index in [1.54, 1.807) is 0 Å². The summed E-state index contributed by atoms with van der Waals surface area (Å²) in [4.78, 5) is 0. The second-order valence-corrected chi connectivity index (χ2v) is 4.52. The van der Waals surface area contributed by atoms with Gasteiger partial charge in [0.15, 0.2) is 0 Å². The molecule has 0 aromatic rings. The van der Waals surface area contributed by atoms with Crippen molar-refractivity contribution in [2.24, 2.45) is 5.92 Å². The molecule has 2 unspecified atom stereocenters. The SMILES string of the molecule is CCCCC(CC)COC(O)(S)CC. The number of hydrogen-bond donors (Lipinski definition) is 2. The van der Waals surface area contributed by atoms with Gasteiger partial charge in [-0.1, -0.05) is 40.0 Å². The predicted molar refractivity (Wildman–Crippen MR) is 63.5 cm³/mol. The molecule has 0 radical (unpaired) electrons. The zero-order chi connectivity index (χ0) is 11.0. The van der Waals surface area contributed by atoms with Crippen LogP contribution in [-0.4, -0.2) is 16.8 Å². The summed E-state index contributed by atoms with van der Waals surface area (Å²) in [6, 6.07) is 0. The quantitative estimate of drug-likeness (QED) is 0.486. The topological polar surface area (TPSA) is 29.5 Å². The molecule has 14 heavy (non-hydrogen) atoms. The van der Waals surface area contributed by atoms with Crippen LogP contribution in [0.2, 0.25) is 0 Å². The van der Waals surface area contributed by atoms with E-state index in [1.807, 2.05) is 6.92 Å². The van der Waals surface area contributed by atoms with Crippen molar-refractivity contribution in [3.05, 3.63) is 0 Å². The van der Waals surface area contributed by atoms with Crippen molar-refractivity contribution in [3.63, 3.8) is 0 Å². The zero-order valence-corrected chi connectivity index (χ0v) is 10.5. The van der Waals surface area contributed by atoms with E-state index in [-0.39, 0.29) is 0 Å². The van der Waals surface area contributed by atoms with E-state index in [1.165, 1.54) is 19.3 Å². The van der Waals surface area contributed by atoms with Crippen LogP contribution in [0.3, 0.4) is 0 Å². The van der Waals surface area contributed by atoms with Gasteiger partial charge in [0.05, 0.1) is 6.61 Å². The van der Waals surface area contributed by atoms with Crippen LogP contribution in [0.4, 0.5) is 0 Å². The molecular weight excluding hydrogens is 196 g/mol. The third kappa shape index (κ3) is 6.68. The molecule has 1 N–H and O–H groups in total. The van der Waals surface area contributed by atoms with Crippen molar-refractivity contribution >= 4 is 12.6 Å². The molecule has 86 valence electrons. The summed E-state index contributed by atoms with van der Waals surface area (Å²) in [5, 5.41) is 8.30. The van der Waals surface area contributed by atoms with Gasteiger partial charge in [-0.2, -0.15) is 0 Å². The monoisotopic (exact) mass is 220 g/mol. The van der Waals surface area contributed by atoms with Gasteiger partial charge < -0.3 is 9.84 Å². The van der Waals surface area contributed by atoms with Gasteiger partial charge in [0.1, 0.15) is 0 Å². The van der Waals surface area contributed by atoms with E-state index in [9.17, 15) is 5.11 Å². The maximum absolute atomic E-state index is 9.54. The first-order chi connectivity index (χ1) is 6.55. The molecule has 2 atom stereocenters. The minimum Gasteiger partial charge on any atom is -0.357 e. The Kier molecular flexibility index (Phi) is 7.69. The maximum atomic E-state index is 9.54. The Bertz CT molecular complexity index is 137. The summed E-state index contributed by atoms with van der Waals surface area (Å²) in [6.45, 7) is 6.83. The molecule has 0 fully saturated rings. The summed E-state index contributed by atoms with van der Waals surface area (Å²) in [5.41, 5.74) is 0. The molecule has 0 aromatic heterocycles. The lowest BCUT2D eigenvalue weighted by Gasteiger charge is -2.24. The van der Waals surface area contributed by atoms with Crippen molar-refractivity contribution < 1.29 is 9.84 Å². The molecular formula is C11H24O2S. The number of ether oxygens (including phenoxy) is 1. The Hall–Kier alpha value is 0.270. The van der Waals surface area contributed by atoms with Crippen molar-refractivity contribution in [2.75, 3.05) is 6.61 Å². The number of hydrogen-bond acceptors (Lipinski definition) is 3. The fourth-order valence-electron chi connectivity index (χ4n) is 1.25. The second-order valence-electron chi connectivity index (χ2n) is 3.82. The number of aliphatic hydroxyl groups is 1. The number of thiol groups is 1. The Labute approximate surface area is 93.5 Å². The van der Waals surface area contributed by atoms with E-state index in [4.69, 9.17) is 4.74 Å². The molecule has 0 amide bonds. The van der Waals surface area contributed by atoms with Gasteiger partial charge in [-0.15, -0.1) is 12.6 Å². The van der Waals surface area contributed by atoms with Gasteiger partial charge in [-0.05, 0) is 12.3 Å². The molecule has 0 rings (SSSR count). The third-order valence-corrected chi connectivity index (χ3v) is 3.00. The molecule has 0 aromatic carbocycles. The van der Waals surface area contributed by atoms with Crippen LogP contribution in [0.25, 0.3) is 0 Å². The highest BCUT2D eigenvalue weighted by Gasteiger charge is 2.20. The maximum Gasteiger partial charge on any atom is 0.212 e. The van der Waals surface area contributed by atoms with Crippen LogP contribution >= 0.6 is 12.6 Å². The fourth-order valence-corrected chi connectivity index (χ4v) is 1.33. The van der Waals surface area contributed by atoms with Crippen LogP contribution in [0.5, 0.6) is 0 Å². The molecule has 0 aliphatic rings. The molecule has 0 bridgehead atoms. The first kappa shape index (κ1) is 14.3. The molecule has 3 heteroatoms. The first-order valence-electron chi connectivity index (χ1n) is 5.64. The third-order valence-electron chi connectivity index (χ3n) is 2.55. The Morgan fingerprint density at radius 3 is 2.43 bits per heavy atom. The fraction of sp³-hybridized carbons (Fsp3) is 1.00. The van der Waals surface area contributed by atoms with Gasteiger partial charge in [0.2, 0.25) is 5.12 Å². The molecule has 0 aliphatic carbocycles. The number of unbranched alkanes of at least 4 members (excludes halogenated alkanes) is 1. The van der Waals surface area contributed by atoms with Gasteiger partial charge in [0.25, 0.3) is 0 Å². The predicted octanol–water partition coefficient (Wildman–Crippen LogP) is 3.21. The van der Waals surface area contributed by atoms with Crippen LogP contribution in [0.1, 0.15) is 52.9 Å². The summed E-state index contributed by atoms with van der Waals surface area (Å²) >= 11 is 4.02. The molecule has 0 aliphatic heterocycles. The van der Waals surface area contributed by atoms with Gasteiger partial charge in [0, 0.05) is 6.42 Å². The summed E-state index contributed by atoms with van der Waals surface area (Å²) in [6.07, 6.45) is 5.25. The summed E-state index contributed by atoms with van der Waals surface area (Å²) in [7, 11) is 0.